The van der Waals surface area contributed by atoms with Crippen molar-refractivity contribution in [1.29, 1.82) is 0 Å². The smallest absolute Gasteiger partial charge is 0.254 e. The molecule has 0 bridgehead atoms. The van der Waals surface area contributed by atoms with E-state index in [0.717, 1.165) is 51.0 Å². The molecule has 2 aromatic carbocycles. The van der Waals surface area contributed by atoms with Crippen LogP contribution in [0.15, 0.2) is 53.4 Å². The maximum absolute atomic E-state index is 14.6. The van der Waals surface area contributed by atoms with E-state index in [1.165, 1.54) is 22.0 Å². The average molecular weight is 445 g/mol. The third-order valence-electron chi connectivity index (χ3n) is 6.31. The predicted molar refractivity (Wildman–Crippen MR) is 118 cm³/mol. The Kier molecular flexibility index (Phi) is 6.72. The van der Waals surface area contributed by atoms with E-state index in [2.05, 4.69) is 12.1 Å². The number of amides is 1. The van der Waals surface area contributed by atoms with Crippen LogP contribution in [0.1, 0.15) is 54.4 Å². The molecule has 4 rings (SSSR count). The number of piperidine rings is 2. The van der Waals surface area contributed by atoms with E-state index in [1.54, 1.807) is 0 Å². The van der Waals surface area contributed by atoms with Gasteiger partial charge in [0.1, 0.15) is 10.7 Å². The van der Waals surface area contributed by atoms with Gasteiger partial charge in [-0.15, -0.1) is 0 Å². The van der Waals surface area contributed by atoms with Gasteiger partial charge in [-0.3, -0.25) is 4.79 Å². The summed E-state index contributed by atoms with van der Waals surface area (Å²) in [6, 6.07) is 13.9. The molecule has 0 aliphatic carbocycles. The number of likely N-dealkylation sites (tertiary alicyclic amines) is 1. The average Bonchev–Trinajstić information content (AvgIpc) is 2.80. The number of halogens is 1. The maximum Gasteiger partial charge on any atom is 0.254 e. The fourth-order valence-corrected chi connectivity index (χ4v) is 6.22. The molecule has 31 heavy (non-hydrogen) atoms. The van der Waals surface area contributed by atoms with Gasteiger partial charge in [0, 0.05) is 31.2 Å². The van der Waals surface area contributed by atoms with Crippen molar-refractivity contribution in [2.45, 2.75) is 55.9 Å². The molecule has 1 amide bonds. The highest BCUT2D eigenvalue weighted by atomic mass is 32.2. The molecule has 166 valence electrons. The first kappa shape index (κ1) is 22.0. The van der Waals surface area contributed by atoms with Crippen LogP contribution < -0.4 is 0 Å². The van der Waals surface area contributed by atoms with Gasteiger partial charge >= 0.3 is 0 Å². The van der Waals surface area contributed by atoms with Crippen molar-refractivity contribution in [2.75, 3.05) is 19.6 Å². The van der Waals surface area contributed by atoms with E-state index in [-0.39, 0.29) is 17.5 Å². The van der Waals surface area contributed by atoms with E-state index in [9.17, 15) is 17.6 Å². The molecule has 0 spiro atoms. The molecule has 2 aliphatic rings. The summed E-state index contributed by atoms with van der Waals surface area (Å²) in [5.74, 6) is -1.03. The van der Waals surface area contributed by atoms with Crippen molar-refractivity contribution in [1.82, 2.24) is 9.21 Å². The van der Waals surface area contributed by atoms with Gasteiger partial charge in [-0.1, -0.05) is 36.8 Å². The topological polar surface area (TPSA) is 57.7 Å². The second kappa shape index (κ2) is 9.49. The van der Waals surface area contributed by atoms with Gasteiger partial charge in [0.05, 0.1) is 0 Å². The number of nitrogens with zero attached hydrogens (tertiary/aromatic N) is 2. The van der Waals surface area contributed by atoms with Gasteiger partial charge in [0.25, 0.3) is 5.91 Å². The summed E-state index contributed by atoms with van der Waals surface area (Å²) in [6.07, 6.45) is 6.15. The highest BCUT2D eigenvalue weighted by molar-refractivity contribution is 7.89. The van der Waals surface area contributed by atoms with Crippen molar-refractivity contribution in [2.24, 2.45) is 0 Å². The Bertz CT molecular complexity index is 1020. The molecule has 0 unspecified atom stereocenters. The quantitative estimate of drug-likeness (QED) is 0.693. The second-order valence-electron chi connectivity index (χ2n) is 8.45. The van der Waals surface area contributed by atoms with Gasteiger partial charge in [-0.05, 0) is 62.3 Å². The van der Waals surface area contributed by atoms with Crippen LogP contribution in [0.4, 0.5) is 4.39 Å². The first-order valence-electron chi connectivity index (χ1n) is 11.1. The molecule has 1 atom stereocenters. The van der Waals surface area contributed by atoms with Crippen LogP contribution in [-0.4, -0.2) is 49.2 Å². The van der Waals surface area contributed by atoms with Gasteiger partial charge in [0.2, 0.25) is 10.0 Å². The number of sulfonamides is 1. The summed E-state index contributed by atoms with van der Waals surface area (Å²) in [5, 5.41) is 0. The van der Waals surface area contributed by atoms with Crippen LogP contribution in [0.2, 0.25) is 0 Å². The summed E-state index contributed by atoms with van der Waals surface area (Å²) in [4.78, 5) is 14.8. The molecular weight excluding hydrogens is 415 g/mol. The molecule has 2 fully saturated rings. The Morgan fingerprint density at radius 1 is 0.935 bits per heavy atom. The fourth-order valence-electron chi connectivity index (χ4n) is 4.61. The van der Waals surface area contributed by atoms with Crippen molar-refractivity contribution in [3.05, 3.63) is 65.5 Å². The second-order valence-corrected chi connectivity index (χ2v) is 10.4. The van der Waals surface area contributed by atoms with E-state index in [0.29, 0.717) is 19.6 Å². The normalized spacial score (nSPS) is 20.5. The summed E-state index contributed by atoms with van der Waals surface area (Å²) in [6.45, 7) is 1.42. The van der Waals surface area contributed by atoms with Crippen molar-refractivity contribution in [3.63, 3.8) is 0 Å². The molecule has 7 heteroatoms. The van der Waals surface area contributed by atoms with Gasteiger partial charge in [0.15, 0.2) is 0 Å². The molecule has 0 saturated carbocycles. The first-order valence-corrected chi connectivity index (χ1v) is 12.6. The van der Waals surface area contributed by atoms with E-state index >= 15 is 0 Å². The third kappa shape index (κ3) is 4.83. The maximum atomic E-state index is 14.6. The highest BCUT2D eigenvalue weighted by Crippen LogP contribution is 2.27. The lowest BCUT2D eigenvalue weighted by molar-refractivity contribution is 0.0613. The van der Waals surface area contributed by atoms with Crippen LogP contribution in [-0.2, 0) is 16.4 Å². The summed E-state index contributed by atoms with van der Waals surface area (Å²) < 4.78 is 41.9. The van der Waals surface area contributed by atoms with Crippen LogP contribution >= 0.6 is 0 Å². The Morgan fingerprint density at radius 2 is 1.65 bits per heavy atom. The Labute approximate surface area is 183 Å². The summed E-state index contributed by atoms with van der Waals surface area (Å²) in [7, 11) is -3.95. The zero-order valence-corrected chi connectivity index (χ0v) is 18.5. The monoisotopic (exact) mass is 444 g/mol. The third-order valence-corrected chi connectivity index (χ3v) is 8.23. The van der Waals surface area contributed by atoms with E-state index in [1.807, 2.05) is 23.1 Å². The lowest BCUT2D eigenvalue weighted by Gasteiger charge is -2.36. The van der Waals surface area contributed by atoms with Gasteiger partial charge in [-0.2, -0.15) is 4.31 Å². The SMILES string of the molecule is O=C(c1ccc(F)c(S(=O)(=O)N2CCCCC2)c1)N1CCCC[C@H]1Cc1ccccc1. The number of hydrogen-bond donors (Lipinski definition) is 0. The standard InChI is InChI=1S/C24H29FN2O3S/c25-22-13-12-20(18-23(22)31(29,30)26-14-6-2-7-15-26)24(28)27-16-8-5-11-21(27)17-19-9-3-1-4-10-19/h1,3-4,9-10,12-13,18,21H,2,5-8,11,14-17H2/t21-/m0/s1. The van der Waals surface area contributed by atoms with E-state index in [4.69, 9.17) is 0 Å². The molecule has 2 aromatic rings. The zero-order chi connectivity index (χ0) is 21.8. The minimum absolute atomic E-state index is 0.0517. The van der Waals surface area contributed by atoms with Crippen molar-refractivity contribution >= 4 is 15.9 Å². The highest BCUT2D eigenvalue weighted by Gasteiger charge is 2.32. The van der Waals surface area contributed by atoms with Crippen LogP contribution in [0.25, 0.3) is 0 Å². The van der Waals surface area contributed by atoms with Crippen LogP contribution in [0.5, 0.6) is 0 Å². The number of carbonyl (C=O) groups is 1. The summed E-state index contributed by atoms with van der Waals surface area (Å²) in [5.41, 5.74) is 1.40. The summed E-state index contributed by atoms with van der Waals surface area (Å²) >= 11 is 0. The lowest BCUT2D eigenvalue weighted by Crippen LogP contribution is -2.45. The Morgan fingerprint density at radius 3 is 2.39 bits per heavy atom. The molecule has 2 aliphatic heterocycles. The largest absolute Gasteiger partial charge is 0.335 e. The first-order chi connectivity index (χ1) is 15.0. The Balaban J connectivity index is 1.59. The van der Waals surface area contributed by atoms with Crippen molar-refractivity contribution < 1.29 is 17.6 Å². The molecule has 0 N–H and O–H groups in total. The Hall–Kier alpha value is -2.25. The number of rotatable bonds is 5. The molecule has 0 aromatic heterocycles. The molecule has 5 nitrogen and oxygen atoms in total. The van der Waals surface area contributed by atoms with Crippen LogP contribution in [0, 0.1) is 5.82 Å². The minimum atomic E-state index is -3.95. The zero-order valence-electron chi connectivity index (χ0n) is 17.7. The minimum Gasteiger partial charge on any atom is -0.335 e. The van der Waals surface area contributed by atoms with Gasteiger partial charge in [-0.25, -0.2) is 12.8 Å². The van der Waals surface area contributed by atoms with Crippen molar-refractivity contribution in [3.8, 4) is 0 Å². The van der Waals surface area contributed by atoms with Crippen LogP contribution in [0.3, 0.4) is 0 Å². The molecular formula is C24H29FN2O3S. The lowest BCUT2D eigenvalue weighted by atomic mass is 9.95. The number of hydrogen-bond acceptors (Lipinski definition) is 3. The predicted octanol–water partition coefficient (Wildman–Crippen LogP) is 4.24. The van der Waals surface area contributed by atoms with E-state index < -0.39 is 20.7 Å². The molecule has 2 heterocycles. The number of benzene rings is 2. The fraction of sp³-hybridized carbons (Fsp3) is 0.458. The molecule has 0 radical (unpaired) electrons. The molecule has 2 saturated heterocycles. The number of carbonyl (C=O) groups excluding carboxylic acids is 1. The van der Waals surface area contributed by atoms with Gasteiger partial charge < -0.3 is 4.90 Å².